The number of carboxylic acid groups (broad SMARTS) is 1. The summed E-state index contributed by atoms with van der Waals surface area (Å²) in [5.74, 6) is -1.07. The first-order valence-corrected chi connectivity index (χ1v) is 9.85. The Balaban J connectivity index is 1.45. The molecule has 2 N–H and O–H groups in total. The summed E-state index contributed by atoms with van der Waals surface area (Å²) in [5.41, 5.74) is 2.63. The zero-order valence-electron chi connectivity index (χ0n) is 15.8. The first kappa shape index (κ1) is 18.3. The second-order valence-corrected chi connectivity index (χ2v) is 7.46. The van der Waals surface area contributed by atoms with Gasteiger partial charge in [0, 0.05) is 43.5 Å². The van der Waals surface area contributed by atoms with Gasteiger partial charge in [-0.05, 0) is 43.2 Å². The Kier molecular flexibility index (Phi) is 5.19. The highest BCUT2D eigenvalue weighted by Gasteiger charge is 2.27. The minimum atomic E-state index is -1.02. The van der Waals surface area contributed by atoms with Crippen molar-refractivity contribution >= 4 is 28.9 Å². The van der Waals surface area contributed by atoms with Crippen LogP contribution in [0.5, 0.6) is 0 Å². The summed E-state index contributed by atoms with van der Waals surface area (Å²) in [6.07, 6.45) is 2.84. The smallest absolute Gasteiger partial charge is 0.337 e. The van der Waals surface area contributed by atoms with Crippen LogP contribution in [0.15, 0.2) is 48.5 Å². The van der Waals surface area contributed by atoms with Gasteiger partial charge in [0.25, 0.3) is 0 Å². The number of para-hydroxylation sites is 1. The molecule has 2 fully saturated rings. The highest BCUT2D eigenvalue weighted by Crippen LogP contribution is 2.30. The van der Waals surface area contributed by atoms with Gasteiger partial charge in [0.1, 0.15) is 0 Å². The third kappa shape index (κ3) is 3.81. The molecule has 0 radical (unpaired) electrons. The largest absolute Gasteiger partial charge is 0.478 e. The summed E-state index contributed by atoms with van der Waals surface area (Å²) < 4.78 is 0. The molecule has 1 aliphatic carbocycles. The number of carbonyl (C=O) groups excluding carboxylic acids is 1. The second-order valence-electron chi connectivity index (χ2n) is 7.46. The van der Waals surface area contributed by atoms with E-state index in [1.807, 2.05) is 24.3 Å². The molecule has 1 aliphatic heterocycles. The van der Waals surface area contributed by atoms with Crippen molar-refractivity contribution in [1.29, 1.82) is 0 Å². The van der Waals surface area contributed by atoms with Gasteiger partial charge in [-0.1, -0.05) is 24.6 Å². The fourth-order valence-corrected chi connectivity index (χ4v) is 3.78. The number of anilines is 3. The number of hydrogen-bond donors (Lipinski definition) is 2. The third-order valence-electron chi connectivity index (χ3n) is 5.73. The first-order chi connectivity index (χ1) is 13.6. The quantitative estimate of drug-likeness (QED) is 0.832. The van der Waals surface area contributed by atoms with Crippen LogP contribution >= 0.6 is 0 Å². The van der Waals surface area contributed by atoms with Crippen LogP contribution in [0.4, 0.5) is 17.1 Å². The molecule has 4 rings (SSSR count). The fourth-order valence-electron chi connectivity index (χ4n) is 3.78. The van der Waals surface area contributed by atoms with Crippen LogP contribution in [0.3, 0.4) is 0 Å². The van der Waals surface area contributed by atoms with Crippen molar-refractivity contribution in [1.82, 2.24) is 0 Å². The van der Waals surface area contributed by atoms with E-state index in [4.69, 9.17) is 0 Å². The molecule has 28 heavy (non-hydrogen) atoms. The van der Waals surface area contributed by atoms with E-state index < -0.39 is 5.97 Å². The van der Waals surface area contributed by atoms with E-state index in [9.17, 15) is 14.7 Å². The average Bonchev–Trinajstić information content (AvgIpc) is 2.67. The van der Waals surface area contributed by atoms with Crippen LogP contribution in [-0.2, 0) is 4.79 Å². The van der Waals surface area contributed by atoms with Crippen molar-refractivity contribution in [2.75, 3.05) is 41.3 Å². The van der Waals surface area contributed by atoms with Crippen molar-refractivity contribution < 1.29 is 14.7 Å². The molecule has 0 spiro atoms. The van der Waals surface area contributed by atoms with Crippen molar-refractivity contribution in [3.63, 3.8) is 0 Å². The number of hydrogen-bond acceptors (Lipinski definition) is 4. The number of aromatic carboxylic acids is 1. The van der Waals surface area contributed by atoms with Crippen LogP contribution in [0.1, 0.15) is 29.6 Å². The molecule has 0 unspecified atom stereocenters. The van der Waals surface area contributed by atoms with E-state index in [2.05, 4.69) is 27.2 Å². The third-order valence-corrected chi connectivity index (χ3v) is 5.73. The van der Waals surface area contributed by atoms with Crippen LogP contribution in [0, 0.1) is 5.92 Å². The summed E-state index contributed by atoms with van der Waals surface area (Å²) in [6, 6.07) is 15.6. The zero-order valence-corrected chi connectivity index (χ0v) is 15.8. The van der Waals surface area contributed by atoms with Crippen LogP contribution < -0.4 is 15.1 Å². The lowest BCUT2D eigenvalue weighted by atomic mass is 9.85. The number of benzene rings is 2. The fraction of sp³-hybridized carbons (Fsp3) is 0.364. The van der Waals surface area contributed by atoms with E-state index in [1.54, 1.807) is 12.1 Å². The van der Waals surface area contributed by atoms with Crippen LogP contribution in [0.2, 0.25) is 0 Å². The van der Waals surface area contributed by atoms with Gasteiger partial charge in [0.2, 0.25) is 5.91 Å². The summed E-state index contributed by atoms with van der Waals surface area (Å²) in [4.78, 5) is 28.5. The summed E-state index contributed by atoms with van der Waals surface area (Å²) in [6.45, 7) is 3.41. The molecule has 0 bridgehead atoms. The molecule has 1 saturated carbocycles. The zero-order chi connectivity index (χ0) is 19.5. The van der Waals surface area contributed by atoms with Crippen LogP contribution in [0.25, 0.3) is 0 Å². The molecule has 6 heteroatoms. The molecule has 1 amide bonds. The predicted octanol–water partition coefficient (Wildman–Crippen LogP) is 3.45. The first-order valence-electron chi connectivity index (χ1n) is 9.85. The Morgan fingerprint density at radius 1 is 0.893 bits per heavy atom. The van der Waals surface area contributed by atoms with Crippen LogP contribution in [-0.4, -0.2) is 43.2 Å². The van der Waals surface area contributed by atoms with Crippen molar-refractivity contribution in [2.24, 2.45) is 5.92 Å². The predicted molar refractivity (Wildman–Crippen MR) is 110 cm³/mol. The SMILES string of the molecule is O=C(O)c1cc(N2CCN(c3ccccc3)CC2)ccc1NC(=O)C1CCC1. The molecular formula is C22H25N3O3. The normalized spacial score (nSPS) is 17.1. The summed E-state index contributed by atoms with van der Waals surface area (Å²) in [5, 5.41) is 12.4. The van der Waals surface area contributed by atoms with Gasteiger partial charge in [-0.15, -0.1) is 0 Å². The number of carboxylic acids is 1. The van der Waals surface area contributed by atoms with Crippen molar-refractivity contribution in [3.05, 3.63) is 54.1 Å². The molecule has 2 aliphatic rings. The van der Waals surface area contributed by atoms with Gasteiger partial charge in [-0.3, -0.25) is 4.79 Å². The molecule has 0 atom stereocenters. The number of nitrogens with one attached hydrogen (secondary N) is 1. The topological polar surface area (TPSA) is 72.9 Å². The minimum Gasteiger partial charge on any atom is -0.478 e. The Hall–Kier alpha value is -3.02. The molecule has 6 nitrogen and oxygen atoms in total. The van der Waals surface area contributed by atoms with E-state index >= 15 is 0 Å². The van der Waals surface area contributed by atoms with Gasteiger partial charge in [-0.2, -0.15) is 0 Å². The average molecular weight is 379 g/mol. The Morgan fingerprint density at radius 2 is 1.54 bits per heavy atom. The van der Waals surface area contributed by atoms with Crippen molar-refractivity contribution in [3.8, 4) is 0 Å². The summed E-state index contributed by atoms with van der Waals surface area (Å²) >= 11 is 0. The highest BCUT2D eigenvalue weighted by molar-refractivity contribution is 6.02. The van der Waals surface area contributed by atoms with Gasteiger partial charge in [-0.25, -0.2) is 4.79 Å². The molecule has 1 heterocycles. The number of rotatable bonds is 5. The monoisotopic (exact) mass is 379 g/mol. The maximum atomic E-state index is 12.2. The number of carbonyl (C=O) groups is 2. The highest BCUT2D eigenvalue weighted by atomic mass is 16.4. The van der Waals surface area contributed by atoms with E-state index in [0.717, 1.165) is 51.1 Å². The number of nitrogens with zero attached hydrogens (tertiary/aromatic N) is 2. The van der Waals surface area contributed by atoms with Gasteiger partial charge in [0.15, 0.2) is 0 Å². The Bertz CT molecular complexity index is 857. The van der Waals surface area contributed by atoms with Gasteiger partial charge in [0.05, 0.1) is 11.3 Å². The molecule has 1 saturated heterocycles. The molecule has 0 aromatic heterocycles. The minimum absolute atomic E-state index is 0.0207. The second kappa shape index (κ2) is 7.92. The van der Waals surface area contributed by atoms with Gasteiger partial charge < -0.3 is 20.2 Å². The molecule has 146 valence electrons. The maximum absolute atomic E-state index is 12.2. The lowest BCUT2D eigenvalue weighted by Crippen LogP contribution is -2.46. The molecular weight excluding hydrogens is 354 g/mol. The molecule has 2 aromatic carbocycles. The molecule has 2 aromatic rings. The van der Waals surface area contributed by atoms with Gasteiger partial charge >= 0.3 is 5.97 Å². The number of piperazine rings is 1. The Morgan fingerprint density at radius 3 is 2.11 bits per heavy atom. The maximum Gasteiger partial charge on any atom is 0.337 e. The lowest BCUT2D eigenvalue weighted by Gasteiger charge is -2.37. The van der Waals surface area contributed by atoms with E-state index in [1.165, 1.54) is 5.69 Å². The lowest BCUT2D eigenvalue weighted by molar-refractivity contribution is -0.122. The van der Waals surface area contributed by atoms with Crippen molar-refractivity contribution in [2.45, 2.75) is 19.3 Å². The Labute approximate surface area is 164 Å². The number of amides is 1. The van der Waals surface area contributed by atoms with E-state index in [0.29, 0.717) is 5.69 Å². The summed E-state index contributed by atoms with van der Waals surface area (Å²) in [7, 11) is 0. The van der Waals surface area contributed by atoms with E-state index in [-0.39, 0.29) is 17.4 Å². The standard InChI is InChI=1S/C22H25N3O3/c26-21(16-5-4-6-16)23-20-10-9-18(15-19(20)22(27)28)25-13-11-24(12-14-25)17-7-2-1-3-8-17/h1-3,7-10,15-16H,4-6,11-14H2,(H,23,26)(H,27,28).